The lowest BCUT2D eigenvalue weighted by Crippen LogP contribution is -2.28. The van der Waals surface area contributed by atoms with Gasteiger partial charge in [0.25, 0.3) is 11.1 Å². The highest BCUT2D eigenvalue weighted by molar-refractivity contribution is 7.15. The zero-order chi connectivity index (χ0) is 23.4. The third kappa shape index (κ3) is 5.23. The van der Waals surface area contributed by atoms with Crippen LogP contribution in [0.5, 0.6) is 11.5 Å². The Morgan fingerprint density at radius 2 is 1.91 bits per heavy atom. The highest BCUT2D eigenvalue weighted by atomic mass is 35.5. The summed E-state index contributed by atoms with van der Waals surface area (Å²) in [5.41, 5.74) is 1.04. The van der Waals surface area contributed by atoms with Gasteiger partial charge in [-0.1, -0.05) is 54.5 Å². The first-order chi connectivity index (χ1) is 16.0. The van der Waals surface area contributed by atoms with Crippen LogP contribution in [-0.2, 0) is 6.42 Å². The van der Waals surface area contributed by atoms with Gasteiger partial charge in [-0.05, 0) is 47.9 Å². The Hall–Kier alpha value is -3.23. The summed E-state index contributed by atoms with van der Waals surface area (Å²) in [4.78, 5) is 29.7. The van der Waals surface area contributed by atoms with E-state index in [1.807, 2.05) is 30.3 Å². The maximum Gasteiger partial charge on any atom is 0.296 e. The van der Waals surface area contributed by atoms with Gasteiger partial charge in [-0.3, -0.25) is 9.59 Å². The molecule has 2 heterocycles. The smallest absolute Gasteiger partial charge is 0.296 e. The van der Waals surface area contributed by atoms with Crippen molar-refractivity contribution in [3.05, 3.63) is 89.5 Å². The zero-order valence-electron chi connectivity index (χ0n) is 18.2. The molecule has 170 valence electrons. The van der Waals surface area contributed by atoms with Crippen LogP contribution >= 0.6 is 22.9 Å². The van der Waals surface area contributed by atoms with E-state index in [0.717, 1.165) is 35.3 Å². The number of unbranched alkanes of at least 4 members (excludes halogenated alkanes) is 1. The number of ether oxygens (including phenoxy) is 2. The third-order valence-electron chi connectivity index (χ3n) is 4.98. The molecule has 0 bridgehead atoms. The molecule has 0 atom stereocenters. The van der Waals surface area contributed by atoms with Crippen LogP contribution in [0, 0.1) is 0 Å². The first kappa shape index (κ1) is 22.9. The fraction of sp³-hybridized carbons (Fsp3) is 0.250. The minimum Gasteiger partial charge on any atom is -0.493 e. The van der Waals surface area contributed by atoms with Crippen LogP contribution in [-0.4, -0.2) is 28.3 Å². The second-order valence-electron chi connectivity index (χ2n) is 7.39. The molecule has 2 aromatic carbocycles. The van der Waals surface area contributed by atoms with E-state index in [0.29, 0.717) is 27.7 Å². The van der Waals surface area contributed by atoms with Crippen LogP contribution < -0.4 is 25.1 Å². The summed E-state index contributed by atoms with van der Waals surface area (Å²) >= 11 is 7.03. The molecular formula is C24H22ClN3O4S. The molecule has 0 unspecified atom stereocenters. The van der Waals surface area contributed by atoms with Crippen molar-refractivity contribution in [3.8, 4) is 11.5 Å². The molecule has 0 fully saturated rings. The zero-order valence-corrected chi connectivity index (χ0v) is 19.8. The highest BCUT2D eigenvalue weighted by Crippen LogP contribution is 2.28. The van der Waals surface area contributed by atoms with Crippen LogP contribution in [0.3, 0.4) is 0 Å². The predicted octanol–water partition coefficient (Wildman–Crippen LogP) is 3.49. The number of aromatic nitrogens is 3. The van der Waals surface area contributed by atoms with Crippen LogP contribution in [0.2, 0.25) is 5.02 Å². The summed E-state index contributed by atoms with van der Waals surface area (Å²) in [6, 6.07) is 12.6. The van der Waals surface area contributed by atoms with Crippen molar-refractivity contribution in [2.75, 3.05) is 13.7 Å². The topological polar surface area (TPSA) is 82.8 Å². The van der Waals surface area contributed by atoms with Gasteiger partial charge in [0.2, 0.25) is 4.96 Å². The van der Waals surface area contributed by atoms with Crippen LogP contribution in [0.4, 0.5) is 0 Å². The monoisotopic (exact) mass is 483 g/mol. The van der Waals surface area contributed by atoms with Crippen molar-refractivity contribution in [2.45, 2.75) is 26.2 Å². The van der Waals surface area contributed by atoms with E-state index in [1.165, 1.54) is 4.52 Å². The molecule has 0 radical (unpaired) electrons. The Balaban J connectivity index is 1.68. The normalized spacial score (nSPS) is 11.8. The molecule has 9 heteroatoms. The number of halogens is 1. The van der Waals surface area contributed by atoms with Crippen molar-refractivity contribution in [3.63, 3.8) is 0 Å². The number of rotatable bonds is 8. The Labute approximate surface area is 198 Å². The predicted molar refractivity (Wildman–Crippen MR) is 130 cm³/mol. The summed E-state index contributed by atoms with van der Waals surface area (Å²) in [5.74, 6) is 1.24. The fourth-order valence-corrected chi connectivity index (χ4v) is 4.25. The lowest BCUT2D eigenvalue weighted by molar-refractivity contribution is 0.288. The number of benzene rings is 2. The molecule has 0 aliphatic heterocycles. The van der Waals surface area contributed by atoms with Crippen LogP contribution in [0.1, 0.15) is 36.6 Å². The Bertz CT molecular complexity index is 1450. The Morgan fingerprint density at radius 1 is 1.12 bits per heavy atom. The molecule has 0 aliphatic carbocycles. The molecule has 0 N–H and O–H groups in total. The van der Waals surface area contributed by atoms with Gasteiger partial charge in [-0.15, -0.1) is 0 Å². The SMILES string of the molecule is CCCCOc1ccc(/C=c2\sc3nc(=O)c(Cc4ccc(Cl)cc4)nn3c2=O)cc1OC. The van der Waals surface area contributed by atoms with E-state index < -0.39 is 5.56 Å². The average molecular weight is 484 g/mol. The van der Waals surface area contributed by atoms with E-state index in [1.54, 1.807) is 25.3 Å². The second kappa shape index (κ2) is 10.1. The number of nitrogens with zero attached hydrogens (tertiary/aromatic N) is 3. The summed E-state index contributed by atoms with van der Waals surface area (Å²) in [6.07, 6.45) is 3.98. The first-order valence-corrected chi connectivity index (χ1v) is 11.7. The molecule has 4 aromatic rings. The lowest BCUT2D eigenvalue weighted by Gasteiger charge is -2.10. The van der Waals surface area contributed by atoms with Crippen molar-refractivity contribution >= 4 is 34.0 Å². The summed E-state index contributed by atoms with van der Waals surface area (Å²) in [5, 5.41) is 4.89. The highest BCUT2D eigenvalue weighted by Gasteiger charge is 2.12. The molecule has 33 heavy (non-hydrogen) atoms. The van der Waals surface area contributed by atoms with Crippen molar-refractivity contribution in [2.24, 2.45) is 0 Å². The molecule has 7 nitrogen and oxygen atoms in total. The molecule has 0 saturated heterocycles. The van der Waals surface area contributed by atoms with Crippen LogP contribution in [0.15, 0.2) is 52.1 Å². The van der Waals surface area contributed by atoms with E-state index in [9.17, 15) is 9.59 Å². The standard InChI is InChI=1S/C24H22ClN3O4S/c1-3-4-11-32-19-10-7-16(13-20(19)31-2)14-21-23(30)28-24(33-21)26-22(29)18(27-28)12-15-5-8-17(25)9-6-15/h5-10,13-14H,3-4,11-12H2,1-2H3/b21-14-. The molecule has 4 rings (SSSR count). The van der Waals surface area contributed by atoms with Gasteiger partial charge in [0.15, 0.2) is 11.5 Å². The molecular weight excluding hydrogens is 462 g/mol. The van der Waals surface area contributed by atoms with E-state index >= 15 is 0 Å². The Kier molecular flexibility index (Phi) is 7.05. The fourth-order valence-electron chi connectivity index (χ4n) is 3.22. The van der Waals surface area contributed by atoms with Crippen molar-refractivity contribution < 1.29 is 9.47 Å². The molecule has 0 saturated carbocycles. The molecule has 0 amide bonds. The summed E-state index contributed by atoms with van der Waals surface area (Å²) in [6.45, 7) is 2.71. The van der Waals surface area contributed by atoms with Gasteiger partial charge in [0, 0.05) is 11.4 Å². The molecule has 0 aliphatic rings. The Morgan fingerprint density at radius 3 is 2.64 bits per heavy atom. The number of hydrogen-bond acceptors (Lipinski definition) is 7. The number of thiazole rings is 1. The summed E-state index contributed by atoms with van der Waals surface area (Å²) in [7, 11) is 1.58. The number of methoxy groups -OCH3 is 1. The van der Waals surface area contributed by atoms with E-state index in [4.69, 9.17) is 21.1 Å². The largest absolute Gasteiger partial charge is 0.493 e. The van der Waals surface area contributed by atoms with Crippen molar-refractivity contribution in [1.82, 2.24) is 14.6 Å². The van der Waals surface area contributed by atoms with Gasteiger partial charge in [0.05, 0.1) is 18.2 Å². The average Bonchev–Trinajstić information content (AvgIpc) is 3.10. The maximum atomic E-state index is 13.0. The molecule has 2 aromatic heterocycles. The van der Waals surface area contributed by atoms with Gasteiger partial charge in [-0.25, -0.2) is 0 Å². The van der Waals surface area contributed by atoms with E-state index in [2.05, 4.69) is 17.0 Å². The van der Waals surface area contributed by atoms with Crippen molar-refractivity contribution in [1.29, 1.82) is 0 Å². The maximum absolute atomic E-state index is 13.0. The number of hydrogen-bond donors (Lipinski definition) is 0. The van der Waals surface area contributed by atoms with Crippen LogP contribution in [0.25, 0.3) is 11.0 Å². The van der Waals surface area contributed by atoms with Gasteiger partial charge >= 0.3 is 0 Å². The second-order valence-corrected chi connectivity index (χ2v) is 8.83. The van der Waals surface area contributed by atoms with E-state index in [-0.39, 0.29) is 22.6 Å². The minimum absolute atomic E-state index is 0.200. The first-order valence-electron chi connectivity index (χ1n) is 10.5. The lowest BCUT2D eigenvalue weighted by atomic mass is 10.1. The third-order valence-corrected chi connectivity index (χ3v) is 6.19. The minimum atomic E-state index is -0.451. The summed E-state index contributed by atoms with van der Waals surface area (Å²) < 4.78 is 12.8. The quantitative estimate of drug-likeness (QED) is 0.357. The molecule has 0 spiro atoms. The number of fused-ring (bicyclic) bond motifs is 1. The van der Waals surface area contributed by atoms with Gasteiger partial charge in [-0.2, -0.15) is 14.6 Å². The van der Waals surface area contributed by atoms with Gasteiger partial charge in [0.1, 0.15) is 5.69 Å². The van der Waals surface area contributed by atoms with Gasteiger partial charge < -0.3 is 9.47 Å².